The molecule has 2 heterocycles. The minimum atomic E-state index is -0.862. The monoisotopic (exact) mass is 432 g/mol. The lowest BCUT2D eigenvalue weighted by Gasteiger charge is -2.32. The summed E-state index contributed by atoms with van der Waals surface area (Å²) in [5, 5.41) is 24.2. The molecule has 3 aromatic rings. The van der Waals surface area contributed by atoms with Crippen molar-refractivity contribution < 1.29 is 9.90 Å². The summed E-state index contributed by atoms with van der Waals surface area (Å²) >= 11 is 0. The van der Waals surface area contributed by atoms with Gasteiger partial charge in [0.15, 0.2) is 5.82 Å². The second-order valence-corrected chi connectivity index (χ2v) is 7.95. The first kappa shape index (κ1) is 21.5. The third-order valence-corrected chi connectivity index (χ3v) is 6.02. The molecule has 1 atom stereocenters. The Balaban J connectivity index is 1.63. The average molecular weight is 433 g/mol. The van der Waals surface area contributed by atoms with E-state index in [0.29, 0.717) is 24.5 Å². The number of carbonyl (C=O) groups is 1. The molecule has 32 heavy (non-hydrogen) atoms. The van der Waals surface area contributed by atoms with Gasteiger partial charge < -0.3 is 14.9 Å². The third-order valence-electron chi connectivity index (χ3n) is 6.02. The van der Waals surface area contributed by atoms with E-state index in [0.717, 1.165) is 40.8 Å². The molecule has 1 aromatic heterocycles. The zero-order chi connectivity index (χ0) is 22.7. The van der Waals surface area contributed by atoms with Crippen molar-refractivity contribution in [3.05, 3.63) is 65.5 Å². The van der Waals surface area contributed by atoms with E-state index in [1.54, 1.807) is 0 Å². The molecule has 0 aliphatic carbocycles. The first-order chi connectivity index (χ1) is 15.5. The smallest absolute Gasteiger partial charge is 0.354 e. The number of rotatable bonds is 8. The maximum Gasteiger partial charge on any atom is 0.354 e. The highest BCUT2D eigenvalue weighted by Crippen LogP contribution is 2.35. The molecule has 1 aliphatic heterocycles. The van der Waals surface area contributed by atoms with Gasteiger partial charge >= 0.3 is 5.97 Å². The predicted octanol–water partition coefficient (Wildman–Crippen LogP) is 4.11. The van der Waals surface area contributed by atoms with Crippen LogP contribution in [0.2, 0.25) is 0 Å². The molecule has 8 heteroatoms. The van der Waals surface area contributed by atoms with E-state index >= 15 is 0 Å². The van der Waals surface area contributed by atoms with Crippen LogP contribution < -0.4 is 0 Å². The van der Waals surface area contributed by atoms with E-state index in [1.165, 1.54) is 0 Å². The van der Waals surface area contributed by atoms with Crippen molar-refractivity contribution in [1.82, 2.24) is 30.4 Å². The maximum absolute atomic E-state index is 12.1. The number of carboxylic acids is 1. The van der Waals surface area contributed by atoms with Crippen molar-refractivity contribution in [3.8, 4) is 22.5 Å². The number of tetrazole rings is 1. The second-order valence-electron chi connectivity index (χ2n) is 7.95. The fourth-order valence-corrected chi connectivity index (χ4v) is 4.53. The zero-order valence-electron chi connectivity index (χ0n) is 18.6. The highest BCUT2D eigenvalue weighted by Gasteiger charge is 2.37. The molecule has 1 unspecified atom stereocenters. The van der Waals surface area contributed by atoms with Crippen LogP contribution in [0.15, 0.2) is 59.9 Å². The Morgan fingerprint density at radius 3 is 2.41 bits per heavy atom. The summed E-state index contributed by atoms with van der Waals surface area (Å²) in [6, 6.07) is 16.2. The normalized spacial score (nSPS) is 16.2. The molecule has 0 saturated heterocycles. The Hall–Kier alpha value is -3.68. The first-order valence-electron chi connectivity index (χ1n) is 10.9. The van der Waals surface area contributed by atoms with Crippen molar-refractivity contribution >= 4 is 5.97 Å². The number of aromatic nitrogens is 4. The molecule has 8 nitrogen and oxygen atoms in total. The number of nitrogens with zero attached hydrogens (tertiary/aromatic N) is 5. The van der Waals surface area contributed by atoms with E-state index < -0.39 is 5.97 Å². The van der Waals surface area contributed by atoms with Crippen molar-refractivity contribution in [2.45, 2.75) is 45.8 Å². The Morgan fingerprint density at radius 1 is 1.09 bits per heavy atom. The number of hydrogen-bond acceptors (Lipinski definition) is 6. The zero-order valence-corrected chi connectivity index (χ0v) is 18.6. The Labute approximate surface area is 187 Å². The van der Waals surface area contributed by atoms with Crippen LogP contribution in [0, 0.1) is 0 Å². The van der Waals surface area contributed by atoms with E-state index in [4.69, 9.17) is 0 Å². The first-order valence-corrected chi connectivity index (χ1v) is 10.9. The number of hydrogen-bond donors (Lipinski definition) is 2. The van der Waals surface area contributed by atoms with Gasteiger partial charge in [0.05, 0.1) is 0 Å². The van der Waals surface area contributed by atoms with Gasteiger partial charge in [-0.25, -0.2) is 9.89 Å². The number of H-pyrrole nitrogens is 1. The van der Waals surface area contributed by atoms with Crippen LogP contribution in [0.1, 0.15) is 38.7 Å². The molecule has 0 saturated carbocycles. The molecule has 2 N–H and O–H groups in total. The van der Waals surface area contributed by atoms with Gasteiger partial charge in [0.1, 0.15) is 11.9 Å². The highest BCUT2D eigenvalue weighted by molar-refractivity contribution is 5.87. The predicted molar refractivity (Wildman–Crippen MR) is 122 cm³/mol. The minimum Gasteiger partial charge on any atom is -0.477 e. The molecular weight excluding hydrogens is 404 g/mol. The van der Waals surface area contributed by atoms with Crippen molar-refractivity contribution in [2.24, 2.45) is 0 Å². The summed E-state index contributed by atoms with van der Waals surface area (Å²) in [6.45, 7) is 4.69. The summed E-state index contributed by atoms with van der Waals surface area (Å²) in [7, 11) is 2.00. The number of carboxylic acid groups (broad SMARTS) is 1. The maximum atomic E-state index is 12.1. The van der Waals surface area contributed by atoms with E-state index in [-0.39, 0.29) is 6.17 Å². The van der Waals surface area contributed by atoms with Crippen molar-refractivity contribution in [1.29, 1.82) is 0 Å². The molecule has 0 radical (unpaired) electrons. The lowest BCUT2D eigenvalue weighted by atomic mass is 9.98. The largest absolute Gasteiger partial charge is 0.477 e. The van der Waals surface area contributed by atoms with Crippen LogP contribution in [0.3, 0.4) is 0 Å². The number of nitrogens with one attached hydrogen (secondary N) is 1. The fourth-order valence-electron chi connectivity index (χ4n) is 4.53. The summed E-state index contributed by atoms with van der Waals surface area (Å²) in [5.74, 6) is -0.242. The third kappa shape index (κ3) is 3.95. The van der Waals surface area contributed by atoms with Crippen LogP contribution in [-0.4, -0.2) is 54.7 Å². The molecule has 4 rings (SSSR count). The van der Waals surface area contributed by atoms with E-state index in [9.17, 15) is 9.90 Å². The molecule has 2 aromatic carbocycles. The van der Waals surface area contributed by atoms with Crippen LogP contribution in [0.5, 0.6) is 0 Å². The quantitative estimate of drug-likeness (QED) is 0.553. The molecule has 0 fully saturated rings. The molecule has 0 bridgehead atoms. The lowest BCUT2D eigenvalue weighted by molar-refractivity contribution is -0.134. The summed E-state index contributed by atoms with van der Waals surface area (Å²) < 4.78 is 0. The molecule has 0 spiro atoms. The van der Waals surface area contributed by atoms with Gasteiger partial charge in [-0.05, 0) is 40.0 Å². The number of benzene rings is 2. The van der Waals surface area contributed by atoms with E-state index in [2.05, 4.69) is 56.7 Å². The van der Waals surface area contributed by atoms with Gasteiger partial charge in [-0.3, -0.25) is 0 Å². The van der Waals surface area contributed by atoms with Crippen LogP contribution in [0.4, 0.5) is 0 Å². The number of aliphatic carboxylic acids is 1. The summed E-state index contributed by atoms with van der Waals surface area (Å²) in [5.41, 5.74) is 5.38. The van der Waals surface area contributed by atoms with Gasteiger partial charge in [0, 0.05) is 24.9 Å². The Morgan fingerprint density at radius 2 is 1.81 bits per heavy atom. The summed E-state index contributed by atoms with van der Waals surface area (Å²) in [6.07, 6.45) is 2.65. The number of aromatic amines is 1. The van der Waals surface area contributed by atoms with Crippen LogP contribution in [0.25, 0.3) is 22.5 Å². The fraction of sp³-hybridized carbons (Fsp3) is 0.333. The minimum absolute atomic E-state index is 0.0559. The van der Waals surface area contributed by atoms with Crippen molar-refractivity contribution in [3.63, 3.8) is 0 Å². The average Bonchev–Trinajstić information content (AvgIpc) is 3.42. The summed E-state index contributed by atoms with van der Waals surface area (Å²) in [4.78, 5) is 16.3. The van der Waals surface area contributed by atoms with Gasteiger partial charge in [-0.1, -0.05) is 68.8 Å². The molecule has 1 aliphatic rings. The van der Waals surface area contributed by atoms with Gasteiger partial charge in [0.2, 0.25) is 0 Å². The molecule has 0 amide bonds. The van der Waals surface area contributed by atoms with Gasteiger partial charge in [-0.2, -0.15) is 0 Å². The topological polar surface area (TPSA) is 98.2 Å². The number of allylic oxidation sites excluding steroid dienone is 1. The van der Waals surface area contributed by atoms with Crippen molar-refractivity contribution in [2.75, 3.05) is 7.05 Å². The molecular formula is C24H28N6O2. The van der Waals surface area contributed by atoms with E-state index in [1.807, 2.05) is 43.1 Å². The highest BCUT2D eigenvalue weighted by atomic mass is 16.4. The lowest BCUT2D eigenvalue weighted by Crippen LogP contribution is -2.39. The SMILES string of the molecule is CCCC1N(C)C(CC)=C(C(=O)O)N1Cc1ccc(-c2ccccc2-c2nnn[nH]2)cc1. The second kappa shape index (κ2) is 9.21. The van der Waals surface area contributed by atoms with Gasteiger partial charge in [-0.15, -0.1) is 5.10 Å². The molecule has 166 valence electrons. The Kier molecular flexibility index (Phi) is 6.20. The Bertz CT molecular complexity index is 1110. The van der Waals surface area contributed by atoms with Gasteiger partial charge in [0.25, 0.3) is 0 Å². The van der Waals surface area contributed by atoms with Crippen LogP contribution in [-0.2, 0) is 11.3 Å². The standard InChI is InChI=1S/C24H28N6O2/c1-4-8-21-29(3)20(5-2)22(24(31)32)30(21)15-16-11-13-17(14-12-16)18-9-6-7-10-19(18)23-25-27-28-26-23/h6-7,9-14,21H,4-5,8,15H2,1-3H3,(H,31,32)(H,25,26,27,28). The van der Waals surface area contributed by atoms with Crippen LogP contribution >= 0.6 is 0 Å².